The van der Waals surface area contributed by atoms with Crippen LogP contribution in [0.5, 0.6) is 5.75 Å². The first-order chi connectivity index (χ1) is 10.7. The maximum atomic E-state index is 11.1. The number of aliphatic hydroxyl groups is 1. The monoisotopic (exact) mass is 307 g/mol. The van der Waals surface area contributed by atoms with E-state index >= 15 is 0 Å². The van der Waals surface area contributed by atoms with Gasteiger partial charge in [0.15, 0.2) is 0 Å². The Morgan fingerprint density at radius 3 is 2.73 bits per heavy atom. The van der Waals surface area contributed by atoms with Crippen LogP contribution < -0.4 is 10.1 Å². The Balaban J connectivity index is 1.69. The van der Waals surface area contributed by atoms with E-state index in [9.17, 15) is 9.90 Å². The van der Waals surface area contributed by atoms with Crippen molar-refractivity contribution in [1.29, 1.82) is 0 Å². The molecule has 122 valence electrons. The SMILES string of the molecule is CCOC(=O)NCCOc1ccc(C[C@@H]2CCC[C@H]2O)cc1. The van der Waals surface area contributed by atoms with E-state index < -0.39 is 6.09 Å². The molecule has 1 fully saturated rings. The second-order valence-corrected chi connectivity index (χ2v) is 5.60. The summed E-state index contributed by atoms with van der Waals surface area (Å²) in [4.78, 5) is 11.1. The van der Waals surface area contributed by atoms with Crippen molar-refractivity contribution < 1.29 is 19.4 Å². The van der Waals surface area contributed by atoms with Crippen LogP contribution in [-0.4, -0.2) is 37.1 Å². The molecule has 1 saturated carbocycles. The summed E-state index contributed by atoms with van der Waals surface area (Å²) in [6.45, 7) is 2.94. The predicted octanol–water partition coefficient (Wildman–Crippen LogP) is 2.52. The molecule has 22 heavy (non-hydrogen) atoms. The van der Waals surface area contributed by atoms with Gasteiger partial charge >= 0.3 is 6.09 Å². The summed E-state index contributed by atoms with van der Waals surface area (Å²) in [5.41, 5.74) is 1.22. The highest BCUT2D eigenvalue weighted by atomic mass is 16.5. The molecule has 1 aliphatic carbocycles. The second-order valence-electron chi connectivity index (χ2n) is 5.60. The maximum Gasteiger partial charge on any atom is 0.407 e. The number of rotatable bonds is 7. The van der Waals surface area contributed by atoms with Crippen LogP contribution in [0.25, 0.3) is 0 Å². The van der Waals surface area contributed by atoms with Crippen molar-refractivity contribution in [3.8, 4) is 5.75 Å². The van der Waals surface area contributed by atoms with Crippen LogP contribution in [0.15, 0.2) is 24.3 Å². The van der Waals surface area contributed by atoms with E-state index in [4.69, 9.17) is 9.47 Å². The molecule has 2 N–H and O–H groups in total. The van der Waals surface area contributed by atoms with Crippen LogP contribution in [-0.2, 0) is 11.2 Å². The molecule has 5 heteroatoms. The molecule has 0 unspecified atom stereocenters. The van der Waals surface area contributed by atoms with Crippen molar-refractivity contribution >= 4 is 6.09 Å². The molecule has 2 atom stereocenters. The summed E-state index contributed by atoms with van der Waals surface area (Å²) >= 11 is 0. The van der Waals surface area contributed by atoms with Gasteiger partial charge in [0, 0.05) is 0 Å². The van der Waals surface area contributed by atoms with Crippen molar-refractivity contribution in [2.75, 3.05) is 19.8 Å². The lowest BCUT2D eigenvalue weighted by atomic mass is 9.96. The van der Waals surface area contributed by atoms with Gasteiger partial charge in [-0.3, -0.25) is 0 Å². The highest BCUT2D eigenvalue weighted by Gasteiger charge is 2.24. The number of benzene rings is 1. The topological polar surface area (TPSA) is 67.8 Å². The smallest absolute Gasteiger partial charge is 0.407 e. The quantitative estimate of drug-likeness (QED) is 0.760. The molecule has 0 heterocycles. The molecule has 5 nitrogen and oxygen atoms in total. The fraction of sp³-hybridized carbons (Fsp3) is 0.588. The molecule has 0 saturated heterocycles. The van der Waals surface area contributed by atoms with Gasteiger partial charge in [-0.05, 0) is 49.8 Å². The van der Waals surface area contributed by atoms with Gasteiger partial charge in [0.1, 0.15) is 12.4 Å². The summed E-state index contributed by atoms with van der Waals surface area (Å²) in [6.07, 6.45) is 3.52. The average Bonchev–Trinajstić information content (AvgIpc) is 2.91. The fourth-order valence-electron chi connectivity index (χ4n) is 2.78. The van der Waals surface area contributed by atoms with Crippen molar-refractivity contribution in [1.82, 2.24) is 5.32 Å². The largest absolute Gasteiger partial charge is 0.492 e. The zero-order chi connectivity index (χ0) is 15.8. The third kappa shape index (κ3) is 5.22. The molecule has 0 bridgehead atoms. The number of nitrogens with one attached hydrogen (secondary N) is 1. The molecule has 2 rings (SSSR count). The summed E-state index contributed by atoms with van der Waals surface area (Å²) in [6, 6.07) is 7.94. The third-order valence-corrected chi connectivity index (χ3v) is 3.96. The Bertz CT molecular complexity index is 460. The Labute approximate surface area is 131 Å². The number of amides is 1. The summed E-state index contributed by atoms with van der Waals surface area (Å²) in [5, 5.41) is 12.5. The predicted molar refractivity (Wildman–Crippen MR) is 84.0 cm³/mol. The molecular weight excluding hydrogens is 282 g/mol. The number of alkyl carbamates (subject to hydrolysis) is 1. The van der Waals surface area contributed by atoms with Crippen LogP contribution in [0.1, 0.15) is 31.7 Å². The van der Waals surface area contributed by atoms with E-state index in [0.29, 0.717) is 25.7 Å². The lowest BCUT2D eigenvalue weighted by Crippen LogP contribution is -2.28. The van der Waals surface area contributed by atoms with Crippen LogP contribution >= 0.6 is 0 Å². The zero-order valence-electron chi connectivity index (χ0n) is 13.1. The molecule has 1 aliphatic rings. The van der Waals surface area contributed by atoms with Gasteiger partial charge in [-0.25, -0.2) is 4.79 Å². The number of hydrogen-bond acceptors (Lipinski definition) is 4. The summed E-state index contributed by atoms with van der Waals surface area (Å²) in [5.74, 6) is 1.17. The van der Waals surface area contributed by atoms with E-state index in [1.165, 1.54) is 5.56 Å². The summed E-state index contributed by atoms with van der Waals surface area (Å²) in [7, 11) is 0. The van der Waals surface area contributed by atoms with E-state index in [1.807, 2.05) is 24.3 Å². The minimum Gasteiger partial charge on any atom is -0.492 e. The minimum atomic E-state index is -0.420. The Kier molecular flexibility index (Phi) is 6.52. The standard InChI is InChI=1S/C17H25NO4/c1-2-21-17(20)18-10-11-22-15-8-6-13(7-9-15)12-14-4-3-5-16(14)19/h6-9,14,16,19H,2-5,10-12H2,1H3,(H,18,20)/t14-,16+/m0/s1. The van der Waals surface area contributed by atoms with Gasteiger partial charge in [0.05, 0.1) is 19.3 Å². The number of ether oxygens (including phenoxy) is 2. The lowest BCUT2D eigenvalue weighted by molar-refractivity contribution is 0.132. The minimum absolute atomic E-state index is 0.148. The molecule has 1 aromatic carbocycles. The van der Waals surface area contributed by atoms with Gasteiger partial charge in [-0.15, -0.1) is 0 Å². The molecule has 0 spiro atoms. The number of aliphatic hydroxyl groups excluding tert-OH is 1. The zero-order valence-corrected chi connectivity index (χ0v) is 13.1. The van der Waals surface area contributed by atoms with Crippen LogP contribution in [0, 0.1) is 5.92 Å². The Morgan fingerprint density at radius 1 is 1.32 bits per heavy atom. The van der Waals surface area contributed by atoms with Crippen molar-refractivity contribution in [2.45, 2.75) is 38.7 Å². The first kappa shape index (κ1) is 16.6. The molecule has 0 radical (unpaired) electrons. The van der Waals surface area contributed by atoms with Crippen LogP contribution in [0.2, 0.25) is 0 Å². The second kappa shape index (κ2) is 8.63. The van der Waals surface area contributed by atoms with Crippen molar-refractivity contribution in [2.24, 2.45) is 5.92 Å². The highest BCUT2D eigenvalue weighted by molar-refractivity contribution is 5.66. The van der Waals surface area contributed by atoms with E-state index in [-0.39, 0.29) is 6.10 Å². The van der Waals surface area contributed by atoms with E-state index in [1.54, 1.807) is 6.92 Å². The Morgan fingerprint density at radius 2 is 2.09 bits per heavy atom. The first-order valence-corrected chi connectivity index (χ1v) is 7.99. The first-order valence-electron chi connectivity index (χ1n) is 7.99. The number of carbonyl (C=O) groups excluding carboxylic acids is 1. The molecule has 0 aliphatic heterocycles. The van der Waals surface area contributed by atoms with Crippen molar-refractivity contribution in [3.05, 3.63) is 29.8 Å². The maximum absolute atomic E-state index is 11.1. The Hall–Kier alpha value is -1.75. The van der Waals surface area contributed by atoms with E-state index in [2.05, 4.69) is 5.32 Å². The van der Waals surface area contributed by atoms with Crippen LogP contribution in [0.3, 0.4) is 0 Å². The highest BCUT2D eigenvalue weighted by Crippen LogP contribution is 2.29. The lowest BCUT2D eigenvalue weighted by Gasteiger charge is -2.14. The fourth-order valence-corrected chi connectivity index (χ4v) is 2.78. The van der Waals surface area contributed by atoms with Crippen LogP contribution in [0.4, 0.5) is 4.79 Å². The van der Waals surface area contributed by atoms with E-state index in [0.717, 1.165) is 31.4 Å². The van der Waals surface area contributed by atoms with Gasteiger partial charge in [-0.1, -0.05) is 18.6 Å². The molecular formula is C17H25NO4. The molecule has 1 amide bonds. The van der Waals surface area contributed by atoms with Gasteiger partial charge in [0.2, 0.25) is 0 Å². The third-order valence-electron chi connectivity index (χ3n) is 3.96. The average molecular weight is 307 g/mol. The normalized spacial score (nSPS) is 20.6. The number of hydrogen-bond donors (Lipinski definition) is 2. The van der Waals surface area contributed by atoms with Gasteiger partial charge < -0.3 is 19.9 Å². The molecule has 1 aromatic rings. The molecule has 0 aromatic heterocycles. The van der Waals surface area contributed by atoms with Gasteiger partial charge in [-0.2, -0.15) is 0 Å². The van der Waals surface area contributed by atoms with Crippen molar-refractivity contribution in [3.63, 3.8) is 0 Å². The van der Waals surface area contributed by atoms with Gasteiger partial charge in [0.25, 0.3) is 0 Å². The summed E-state index contributed by atoms with van der Waals surface area (Å²) < 4.78 is 10.3. The number of carbonyl (C=O) groups is 1.